The number of carbonyl (C=O) groups is 1. The first-order valence-electron chi connectivity index (χ1n) is 3.67. The number of amides is 1. The second kappa shape index (κ2) is 3.33. The summed E-state index contributed by atoms with van der Waals surface area (Å²) in [5, 5.41) is 36.3. The van der Waals surface area contributed by atoms with Crippen molar-refractivity contribution in [2.24, 2.45) is 5.73 Å². The Kier molecular flexibility index (Phi) is 2.37. The van der Waals surface area contributed by atoms with Gasteiger partial charge in [-0.1, -0.05) is 0 Å². The number of phenols is 4. The van der Waals surface area contributed by atoms with E-state index in [1.54, 1.807) is 0 Å². The molecular formula is C8H9NO5. The van der Waals surface area contributed by atoms with Crippen molar-refractivity contribution in [1.29, 1.82) is 0 Å². The zero-order valence-corrected chi connectivity index (χ0v) is 7.06. The molecule has 1 rings (SSSR count). The summed E-state index contributed by atoms with van der Waals surface area (Å²) in [7, 11) is 0. The van der Waals surface area contributed by atoms with Crippen molar-refractivity contribution in [3.05, 3.63) is 11.6 Å². The molecule has 0 unspecified atom stereocenters. The van der Waals surface area contributed by atoms with Crippen LogP contribution in [0.2, 0.25) is 0 Å². The number of aromatic hydroxyl groups is 4. The van der Waals surface area contributed by atoms with Crippen molar-refractivity contribution in [2.45, 2.75) is 6.42 Å². The number of nitrogens with two attached hydrogens (primary N) is 1. The lowest BCUT2D eigenvalue weighted by molar-refractivity contribution is -0.117. The van der Waals surface area contributed by atoms with Crippen LogP contribution in [0.15, 0.2) is 6.07 Å². The molecule has 0 aliphatic carbocycles. The van der Waals surface area contributed by atoms with Crippen molar-refractivity contribution >= 4 is 5.91 Å². The monoisotopic (exact) mass is 199 g/mol. The van der Waals surface area contributed by atoms with E-state index in [1.807, 2.05) is 0 Å². The standard InChI is InChI=1S/C8H9NO5/c9-5(11)2-3-1-4(10)7(13)8(14)6(3)12/h1,10,12-14H,2H2,(H2,9,11). The molecule has 14 heavy (non-hydrogen) atoms. The number of hydrogen-bond acceptors (Lipinski definition) is 5. The molecule has 0 fully saturated rings. The topological polar surface area (TPSA) is 124 Å². The van der Waals surface area contributed by atoms with Gasteiger partial charge in [0.2, 0.25) is 17.4 Å². The molecule has 0 aromatic heterocycles. The molecule has 6 heteroatoms. The van der Waals surface area contributed by atoms with Crippen LogP contribution in [0.4, 0.5) is 0 Å². The Hall–Kier alpha value is -2.11. The highest BCUT2D eigenvalue weighted by Crippen LogP contribution is 2.43. The van der Waals surface area contributed by atoms with Gasteiger partial charge in [-0.05, 0) is 6.07 Å². The molecule has 0 radical (unpaired) electrons. The van der Waals surface area contributed by atoms with Crippen molar-refractivity contribution in [1.82, 2.24) is 0 Å². The predicted octanol–water partition coefficient (Wildman–Crippen LogP) is -0.463. The van der Waals surface area contributed by atoms with Crippen LogP contribution in [-0.2, 0) is 11.2 Å². The highest BCUT2D eigenvalue weighted by Gasteiger charge is 2.16. The third kappa shape index (κ3) is 1.63. The van der Waals surface area contributed by atoms with E-state index in [-0.39, 0.29) is 12.0 Å². The fraction of sp³-hybridized carbons (Fsp3) is 0.125. The van der Waals surface area contributed by atoms with Gasteiger partial charge in [-0.2, -0.15) is 0 Å². The Morgan fingerprint density at radius 3 is 2.21 bits per heavy atom. The normalized spacial score (nSPS) is 10.0. The van der Waals surface area contributed by atoms with Gasteiger partial charge in [-0.15, -0.1) is 0 Å². The molecule has 1 aromatic rings. The van der Waals surface area contributed by atoms with Crippen molar-refractivity contribution < 1.29 is 25.2 Å². The Morgan fingerprint density at radius 2 is 1.71 bits per heavy atom. The maximum absolute atomic E-state index is 10.5. The van der Waals surface area contributed by atoms with Gasteiger partial charge < -0.3 is 26.2 Å². The molecule has 6 nitrogen and oxygen atoms in total. The minimum atomic E-state index is -0.874. The lowest BCUT2D eigenvalue weighted by Gasteiger charge is -2.07. The smallest absolute Gasteiger partial charge is 0.221 e. The Bertz CT molecular complexity index is 388. The Morgan fingerprint density at radius 1 is 1.14 bits per heavy atom. The van der Waals surface area contributed by atoms with E-state index in [1.165, 1.54) is 0 Å². The maximum atomic E-state index is 10.5. The molecular weight excluding hydrogens is 190 g/mol. The van der Waals surface area contributed by atoms with E-state index in [4.69, 9.17) is 21.1 Å². The summed E-state index contributed by atoms with van der Waals surface area (Å²) < 4.78 is 0. The van der Waals surface area contributed by atoms with Gasteiger partial charge in [0, 0.05) is 5.56 Å². The first-order chi connectivity index (χ1) is 6.43. The largest absolute Gasteiger partial charge is 0.504 e. The minimum absolute atomic E-state index is 0.0506. The van der Waals surface area contributed by atoms with Crippen molar-refractivity contribution in [3.63, 3.8) is 0 Å². The predicted molar refractivity (Wildman–Crippen MR) is 46.0 cm³/mol. The van der Waals surface area contributed by atoms with Gasteiger partial charge in [0.1, 0.15) is 0 Å². The second-order valence-corrected chi connectivity index (χ2v) is 2.74. The average molecular weight is 199 g/mol. The van der Waals surface area contributed by atoms with Crippen LogP contribution in [-0.4, -0.2) is 26.3 Å². The van der Waals surface area contributed by atoms with Crippen LogP contribution in [0, 0.1) is 0 Å². The molecule has 6 N–H and O–H groups in total. The summed E-state index contributed by atoms with van der Waals surface area (Å²) in [6, 6.07) is 0.954. The number of rotatable bonds is 2. The summed E-state index contributed by atoms with van der Waals surface area (Å²) in [5.74, 6) is -3.74. The third-order valence-electron chi connectivity index (χ3n) is 1.67. The van der Waals surface area contributed by atoms with Gasteiger partial charge >= 0.3 is 0 Å². The number of carbonyl (C=O) groups excluding carboxylic acids is 1. The third-order valence-corrected chi connectivity index (χ3v) is 1.67. The summed E-state index contributed by atoms with van der Waals surface area (Å²) >= 11 is 0. The first kappa shape index (κ1) is 9.97. The molecule has 0 heterocycles. The summed E-state index contributed by atoms with van der Waals surface area (Å²) in [4.78, 5) is 10.5. The van der Waals surface area contributed by atoms with Crippen molar-refractivity contribution in [2.75, 3.05) is 0 Å². The number of primary amides is 1. The van der Waals surface area contributed by atoms with Gasteiger partial charge in [0.15, 0.2) is 11.5 Å². The van der Waals surface area contributed by atoms with Crippen LogP contribution >= 0.6 is 0 Å². The highest BCUT2D eigenvalue weighted by atomic mass is 16.3. The molecule has 0 atom stereocenters. The van der Waals surface area contributed by atoms with Crippen LogP contribution in [0.1, 0.15) is 5.56 Å². The van der Waals surface area contributed by atoms with Gasteiger partial charge in [0.25, 0.3) is 0 Å². The van der Waals surface area contributed by atoms with E-state index in [0.29, 0.717) is 0 Å². The molecule has 1 aromatic carbocycles. The molecule has 0 aliphatic rings. The SMILES string of the molecule is NC(=O)Cc1cc(O)c(O)c(O)c1O. The van der Waals surface area contributed by atoms with Crippen LogP contribution in [0.5, 0.6) is 23.0 Å². The first-order valence-corrected chi connectivity index (χ1v) is 3.67. The molecule has 0 aliphatic heterocycles. The Balaban J connectivity index is 3.25. The fourth-order valence-electron chi connectivity index (χ4n) is 1.01. The molecule has 0 saturated heterocycles. The Labute approximate surface area is 78.8 Å². The van der Waals surface area contributed by atoms with E-state index >= 15 is 0 Å². The van der Waals surface area contributed by atoms with Gasteiger partial charge in [0.05, 0.1) is 6.42 Å². The molecule has 1 amide bonds. The zero-order chi connectivity index (χ0) is 10.9. The summed E-state index contributed by atoms with van der Waals surface area (Å²) in [5.41, 5.74) is 4.81. The number of hydrogen-bond donors (Lipinski definition) is 5. The number of benzene rings is 1. The number of phenolic OH excluding ortho intramolecular Hbond substituents is 4. The van der Waals surface area contributed by atoms with E-state index in [0.717, 1.165) is 6.07 Å². The average Bonchev–Trinajstić information content (AvgIpc) is 2.10. The lowest BCUT2D eigenvalue weighted by Crippen LogP contribution is -2.13. The van der Waals surface area contributed by atoms with Gasteiger partial charge in [-0.25, -0.2) is 0 Å². The van der Waals surface area contributed by atoms with Crippen LogP contribution < -0.4 is 5.73 Å². The molecule has 0 spiro atoms. The summed E-state index contributed by atoms with van der Waals surface area (Å²) in [6.45, 7) is 0. The van der Waals surface area contributed by atoms with E-state index in [2.05, 4.69) is 0 Å². The fourth-order valence-corrected chi connectivity index (χ4v) is 1.01. The van der Waals surface area contributed by atoms with Crippen molar-refractivity contribution in [3.8, 4) is 23.0 Å². The zero-order valence-electron chi connectivity index (χ0n) is 7.06. The molecule has 0 bridgehead atoms. The molecule has 76 valence electrons. The van der Waals surface area contributed by atoms with Crippen LogP contribution in [0.3, 0.4) is 0 Å². The maximum Gasteiger partial charge on any atom is 0.221 e. The minimum Gasteiger partial charge on any atom is -0.504 e. The quantitative estimate of drug-likeness (QED) is 0.325. The van der Waals surface area contributed by atoms with E-state index < -0.39 is 28.9 Å². The molecule has 0 saturated carbocycles. The highest BCUT2D eigenvalue weighted by molar-refractivity contribution is 5.78. The van der Waals surface area contributed by atoms with Gasteiger partial charge in [-0.3, -0.25) is 4.79 Å². The van der Waals surface area contributed by atoms with E-state index in [9.17, 15) is 9.90 Å². The second-order valence-electron chi connectivity index (χ2n) is 2.74. The van der Waals surface area contributed by atoms with Crippen LogP contribution in [0.25, 0.3) is 0 Å². The lowest BCUT2D eigenvalue weighted by atomic mass is 10.1. The summed E-state index contributed by atoms with van der Waals surface area (Å²) in [6.07, 6.45) is -0.340.